The normalized spacial score (nSPS) is 11.6. The largest absolute Gasteiger partial charge is 0.173 e. The van der Waals surface area contributed by atoms with E-state index >= 15 is 0 Å². The van der Waals surface area contributed by atoms with Gasteiger partial charge in [-0.3, -0.25) is 0 Å². The van der Waals surface area contributed by atoms with Crippen LogP contribution in [0.25, 0.3) is 11.1 Å². The quantitative estimate of drug-likeness (QED) is 0.190. The van der Waals surface area contributed by atoms with Crippen LogP contribution in [0.1, 0.15) is 0 Å². The molecule has 0 aliphatic rings. The predicted octanol–water partition coefficient (Wildman–Crippen LogP) is 10.3. The van der Waals surface area contributed by atoms with Crippen molar-refractivity contribution >= 4 is 21.8 Å². The van der Waals surface area contributed by atoms with Crippen molar-refractivity contribution in [2.45, 2.75) is 29.4 Å². The fourth-order valence-electron chi connectivity index (χ4n) is 4.85. The summed E-state index contributed by atoms with van der Waals surface area (Å²) >= 11 is 0. The second kappa shape index (κ2) is 11.6. The second-order valence-electron chi connectivity index (χ2n) is 9.11. The molecule has 0 amide bonds. The van der Waals surface area contributed by atoms with Crippen molar-refractivity contribution in [1.82, 2.24) is 0 Å². The van der Waals surface area contributed by atoms with E-state index in [-0.39, 0.29) is 0 Å². The topological polar surface area (TPSA) is 0 Å². The fourth-order valence-corrected chi connectivity index (χ4v) is 9.53. The summed E-state index contributed by atoms with van der Waals surface area (Å²) in [5, 5.41) is 0. The molecule has 0 radical (unpaired) electrons. The van der Waals surface area contributed by atoms with Crippen LogP contribution in [-0.2, 0) is 0 Å². The minimum absolute atomic E-state index is 0.641. The standard InChI is InChI=1S/C36H30S2/c1-5-17-31(18-6-1)37(32-19-7-2-8-20-32)35-25-13-15-29(27-35)30-16-14-26-36(28-30)38(33-21-9-3-10-22-33)34-23-11-4-12-24-34/h1-28,37-38H. The van der Waals surface area contributed by atoms with Gasteiger partial charge >= 0.3 is 0 Å². The highest BCUT2D eigenvalue weighted by molar-refractivity contribution is 8.17. The van der Waals surface area contributed by atoms with Gasteiger partial charge in [-0.25, -0.2) is 0 Å². The first-order chi connectivity index (χ1) is 18.9. The van der Waals surface area contributed by atoms with Crippen LogP contribution in [0.4, 0.5) is 0 Å². The lowest BCUT2D eigenvalue weighted by atomic mass is 10.1. The molecule has 0 aromatic heterocycles. The molecule has 0 aliphatic carbocycles. The molecule has 0 saturated heterocycles. The third kappa shape index (κ3) is 5.33. The van der Waals surface area contributed by atoms with Crippen molar-refractivity contribution in [2.24, 2.45) is 0 Å². The zero-order valence-corrected chi connectivity index (χ0v) is 22.8. The SMILES string of the molecule is c1ccc([SH](c2ccccc2)c2cccc(-c3cccc([SH](c4ccccc4)c4ccccc4)c3)c2)cc1. The van der Waals surface area contributed by atoms with Gasteiger partial charge < -0.3 is 0 Å². The van der Waals surface area contributed by atoms with Crippen molar-refractivity contribution in [1.29, 1.82) is 0 Å². The summed E-state index contributed by atoms with van der Waals surface area (Å²) < 4.78 is 0. The highest BCUT2D eigenvalue weighted by Crippen LogP contribution is 2.53. The molecule has 6 aromatic carbocycles. The lowest BCUT2D eigenvalue weighted by Crippen LogP contribution is -1.91. The summed E-state index contributed by atoms with van der Waals surface area (Å²) in [7, 11) is -1.28. The van der Waals surface area contributed by atoms with Gasteiger partial charge in [0, 0.05) is 0 Å². The van der Waals surface area contributed by atoms with Crippen LogP contribution in [0.3, 0.4) is 0 Å². The van der Waals surface area contributed by atoms with Crippen LogP contribution in [0, 0.1) is 0 Å². The fraction of sp³-hybridized carbons (Fsp3) is 0. The number of benzene rings is 6. The molecule has 0 spiro atoms. The van der Waals surface area contributed by atoms with Gasteiger partial charge in [-0.1, -0.05) is 97.1 Å². The molecule has 0 fully saturated rings. The van der Waals surface area contributed by atoms with Crippen LogP contribution in [-0.4, -0.2) is 0 Å². The minimum atomic E-state index is -0.641. The summed E-state index contributed by atoms with van der Waals surface area (Å²) in [6, 6.07) is 62.0. The van der Waals surface area contributed by atoms with Crippen LogP contribution in [0.5, 0.6) is 0 Å². The first-order valence-electron chi connectivity index (χ1n) is 12.9. The second-order valence-corrected chi connectivity index (χ2v) is 13.6. The summed E-state index contributed by atoms with van der Waals surface area (Å²) in [6.45, 7) is 0. The van der Waals surface area contributed by atoms with E-state index in [1.807, 2.05) is 0 Å². The maximum Gasteiger partial charge on any atom is -0.00390 e. The van der Waals surface area contributed by atoms with Gasteiger partial charge in [-0.15, -0.1) is 0 Å². The van der Waals surface area contributed by atoms with Crippen molar-refractivity contribution in [3.05, 3.63) is 170 Å². The highest BCUT2D eigenvalue weighted by Gasteiger charge is 2.15. The first-order valence-corrected chi connectivity index (χ1v) is 15.6. The molecule has 0 atom stereocenters. The predicted molar refractivity (Wildman–Crippen MR) is 165 cm³/mol. The Labute approximate surface area is 231 Å². The Kier molecular flexibility index (Phi) is 7.44. The zero-order valence-electron chi connectivity index (χ0n) is 21.1. The molecule has 6 aromatic rings. The summed E-state index contributed by atoms with van der Waals surface area (Å²) in [5.41, 5.74) is 2.53. The number of rotatable bonds is 7. The Hall–Kier alpha value is -3.98. The van der Waals surface area contributed by atoms with Crippen molar-refractivity contribution < 1.29 is 0 Å². The van der Waals surface area contributed by atoms with E-state index in [9.17, 15) is 0 Å². The Morgan fingerprint density at radius 1 is 0.237 bits per heavy atom. The molecule has 0 N–H and O–H groups in total. The molecule has 2 heteroatoms. The summed E-state index contributed by atoms with van der Waals surface area (Å²) in [5.74, 6) is 0. The smallest absolute Gasteiger partial charge is 0.00390 e. The molecular weight excluding hydrogens is 497 g/mol. The lowest BCUT2D eigenvalue weighted by molar-refractivity contribution is 1.31. The third-order valence-electron chi connectivity index (χ3n) is 6.60. The van der Waals surface area contributed by atoms with Crippen LogP contribution >= 0.6 is 21.8 Å². The lowest BCUT2D eigenvalue weighted by Gasteiger charge is -2.25. The van der Waals surface area contributed by atoms with Gasteiger partial charge in [0.2, 0.25) is 0 Å². The average Bonchev–Trinajstić information content (AvgIpc) is 3.00. The molecule has 0 aliphatic heterocycles. The van der Waals surface area contributed by atoms with E-state index in [2.05, 4.69) is 170 Å². The van der Waals surface area contributed by atoms with E-state index in [0.717, 1.165) is 0 Å². The maximum absolute atomic E-state index is 2.40. The Balaban J connectivity index is 1.43. The third-order valence-corrected chi connectivity index (χ3v) is 11.4. The number of hydrogen-bond donors (Lipinski definition) is 2. The number of thiol groups is 2. The Morgan fingerprint density at radius 3 is 0.789 bits per heavy atom. The molecule has 0 unspecified atom stereocenters. The van der Waals surface area contributed by atoms with Crippen LogP contribution in [0.15, 0.2) is 199 Å². The minimum Gasteiger partial charge on any atom is -0.173 e. The monoisotopic (exact) mass is 526 g/mol. The Bertz CT molecular complexity index is 1390. The van der Waals surface area contributed by atoms with Gasteiger partial charge in [0.1, 0.15) is 0 Å². The summed E-state index contributed by atoms with van der Waals surface area (Å²) in [4.78, 5) is 8.22. The van der Waals surface area contributed by atoms with Crippen LogP contribution in [0.2, 0.25) is 0 Å². The summed E-state index contributed by atoms with van der Waals surface area (Å²) in [6.07, 6.45) is 0. The molecule has 0 saturated carbocycles. The Morgan fingerprint density at radius 2 is 0.500 bits per heavy atom. The molecule has 0 heterocycles. The van der Waals surface area contributed by atoms with Gasteiger partial charge in [0.25, 0.3) is 0 Å². The van der Waals surface area contributed by atoms with E-state index in [1.165, 1.54) is 40.5 Å². The van der Waals surface area contributed by atoms with E-state index < -0.39 is 21.8 Å². The molecule has 0 bridgehead atoms. The van der Waals surface area contributed by atoms with Crippen molar-refractivity contribution in [3.8, 4) is 11.1 Å². The van der Waals surface area contributed by atoms with Gasteiger partial charge in [-0.05, 0) is 113 Å². The van der Waals surface area contributed by atoms with Gasteiger partial charge in [-0.2, -0.15) is 21.8 Å². The molecule has 0 nitrogen and oxygen atoms in total. The van der Waals surface area contributed by atoms with E-state index in [4.69, 9.17) is 0 Å². The highest BCUT2D eigenvalue weighted by atomic mass is 32.2. The zero-order chi connectivity index (χ0) is 25.6. The maximum atomic E-state index is 2.40. The first kappa shape index (κ1) is 24.4. The average molecular weight is 527 g/mol. The molecule has 186 valence electrons. The number of hydrogen-bond acceptors (Lipinski definition) is 0. The van der Waals surface area contributed by atoms with Crippen LogP contribution < -0.4 is 0 Å². The van der Waals surface area contributed by atoms with Gasteiger partial charge in [0.05, 0.1) is 0 Å². The van der Waals surface area contributed by atoms with E-state index in [1.54, 1.807) is 0 Å². The van der Waals surface area contributed by atoms with E-state index in [0.29, 0.717) is 0 Å². The molecule has 6 rings (SSSR count). The van der Waals surface area contributed by atoms with Crippen molar-refractivity contribution in [2.75, 3.05) is 0 Å². The molecule has 38 heavy (non-hydrogen) atoms. The van der Waals surface area contributed by atoms with Gasteiger partial charge in [0.15, 0.2) is 0 Å². The van der Waals surface area contributed by atoms with Crippen molar-refractivity contribution in [3.63, 3.8) is 0 Å². The molecular formula is C36H30S2.